The van der Waals surface area contributed by atoms with Crippen LogP contribution in [-0.2, 0) is 29.0 Å². The monoisotopic (exact) mass is 302 g/mol. The van der Waals surface area contributed by atoms with Crippen LogP contribution in [-0.4, -0.2) is 45.3 Å². The van der Waals surface area contributed by atoms with E-state index in [1.165, 1.54) is 0 Å². The molecule has 0 spiro atoms. The van der Waals surface area contributed by atoms with E-state index in [1.54, 1.807) is 12.5 Å². The zero-order chi connectivity index (χ0) is 14.9. The van der Waals surface area contributed by atoms with Gasteiger partial charge in [-0.25, -0.2) is 4.98 Å². The second-order valence-corrected chi connectivity index (χ2v) is 5.84. The zero-order valence-electron chi connectivity index (χ0n) is 12.3. The second kappa shape index (κ2) is 5.57. The quantitative estimate of drug-likeness (QED) is 0.840. The zero-order valence-corrected chi connectivity index (χ0v) is 12.3. The van der Waals surface area contributed by atoms with Crippen molar-refractivity contribution in [3.8, 4) is 0 Å². The maximum atomic E-state index is 12.5. The molecule has 1 saturated heterocycles. The van der Waals surface area contributed by atoms with Crippen LogP contribution in [0.25, 0.3) is 0 Å². The van der Waals surface area contributed by atoms with Gasteiger partial charge in [0.1, 0.15) is 11.5 Å². The van der Waals surface area contributed by atoms with Crippen LogP contribution in [0.4, 0.5) is 0 Å². The molecule has 1 amide bonds. The van der Waals surface area contributed by atoms with Crippen molar-refractivity contribution in [2.75, 3.05) is 19.8 Å². The van der Waals surface area contributed by atoms with Crippen molar-refractivity contribution in [1.29, 1.82) is 0 Å². The summed E-state index contributed by atoms with van der Waals surface area (Å²) in [7, 11) is 0. The standard InChI is InChI=1S/C15H18N4O3/c20-15(11-2-6-21-9-11)19-4-1-14-12(7-19)13(17-22-14)8-18-5-3-16-10-18/h3,5,10-11H,1-2,4,6-9H2/t11-/m1/s1. The molecule has 0 radical (unpaired) electrons. The summed E-state index contributed by atoms with van der Waals surface area (Å²) in [5.74, 6) is 1.11. The van der Waals surface area contributed by atoms with Crippen LogP contribution in [0.3, 0.4) is 0 Å². The van der Waals surface area contributed by atoms with E-state index in [0.29, 0.717) is 32.8 Å². The van der Waals surface area contributed by atoms with Gasteiger partial charge in [-0.1, -0.05) is 5.16 Å². The van der Waals surface area contributed by atoms with Crippen molar-refractivity contribution in [3.63, 3.8) is 0 Å². The molecule has 0 aliphatic carbocycles. The highest BCUT2D eigenvalue weighted by Crippen LogP contribution is 2.25. The summed E-state index contributed by atoms with van der Waals surface area (Å²) >= 11 is 0. The first-order valence-corrected chi connectivity index (χ1v) is 7.60. The van der Waals surface area contributed by atoms with Crippen molar-refractivity contribution in [2.45, 2.75) is 25.9 Å². The lowest BCUT2D eigenvalue weighted by Crippen LogP contribution is -2.40. The predicted molar refractivity (Wildman–Crippen MR) is 75.9 cm³/mol. The van der Waals surface area contributed by atoms with E-state index in [4.69, 9.17) is 9.26 Å². The average Bonchev–Trinajstić information content (AvgIpc) is 3.29. The van der Waals surface area contributed by atoms with Crippen LogP contribution < -0.4 is 0 Å². The molecule has 1 fully saturated rings. The normalized spacial score (nSPS) is 21.1. The Morgan fingerprint density at radius 2 is 2.41 bits per heavy atom. The maximum Gasteiger partial charge on any atom is 0.228 e. The Labute approximate surface area is 127 Å². The van der Waals surface area contributed by atoms with Crippen LogP contribution in [0.15, 0.2) is 23.2 Å². The van der Waals surface area contributed by atoms with Gasteiger partial charge < -0.3 is 18.7 Å². The summed E-state index contributed by atoms with van der Waals surface area (Å²) in [4.78, 5) is 18.5. The maximum absolute atomic E-state index is 12.5. The molecule has 0 unspecified atom stereocenters. The average molecular weight is 302 g/mol. The number of amides is 1. The molecule has 0 bridgehead atoms. The molecule has 7 nitrogen and oxygen atoms in total. The Balaban J connectivity index is 1.52. The lowest BCUT2D eigenvalue weighted by atomic mass is 10.0. The van der Waals surface area contributed by atoms with Crippen molar-refractivity contribution in [1.82, 2.24) is 19.6 Å². The van der Waals surface area contributed by atoms with Gasteiger partial charge in [-0.3, -0.25) is 4.79 Å². The van der Waals surface area contributed by atoms with Crippen LogP contribution in [0, 0.1) is 5.92 Å². The van der Waals surface area contributed by atoms with E-state index < -0.39 is 0 Å². The summed E-state index contributed by atoms with van der Waals surface area (Å²) in [6, 6.07) is 0. The number of imidazole rings is 1. The van der Waals surface area contributed by atoms with Crippen molar-refractivity contribution in [3.05, 3.63) is 35.7 Å². The number of nitrogens with zero attached hydrogens (tertiary/aromatic N) is 4. The van der Waals surface area contributed by atoms with Gasteiger partial charge in [-0.15, -0.1) is 0 Å². The summed E-state index contributed by atoms with van der Waals surface area (Å²) < 4.78 is 12.7. The van der Waals surface area contributed by atoms with E-state index >= 15 is 0 Å². The van der Waals surface area contributed by atoms with Gasteiger partial charge in [0.25, 0.3) is 0 Å². The van der Waals surface area contributed by atoms with Crippen molar-refractivity contribution < 1.29 is 14.1 Å². The number of carbonyl (C=O) groups is 1. The molecule has 4 heterocycles. The van der Waals surface area contributed by atoms with Crippen molar-refractivity contribution in [2.24, 2.45) is 5.92 Å². The number of carbonyl (C=O) groups excluding carboxylic acids is 1. The second-order valence-electron chi connectivity index (χ2n) is 5.84. The van der Waals surface area contributed by atoms with Crippen LogP contribution >= 0.6 is 0 Å². The fourth-order valence-electron chi connectivity index (χ4n) is 3.12. The molecule has 22 heavy (non-hydrogen) atoms. The van der Waals surface area contributed by atoms with Crippen LogP contribution in [0.2, 0.25) is 0 Å². The Hall–Kier alpha value is -2.15. The molecule has 2 aliphatic heterocycles. The van der Waals surface area contributed by atoms with E-state index in [2.05, 4.69) is 10.1 Å². The minimum absolute atomic E-state index is 0.0125. The van der Waals surface area contributed by atoms with Gasteiger partial charge in [-0.2, -0.15) is 0 Å². The van der Waals surface area contributed by atoms with Gasteiger partial charge in [-0.05, 0) is 6.42 Å². The Morgan fingerprint density at radius 3 is 3.18 bits per heavy atom. The minimum Gasteiger partial charge on any atom is -0.381 e. The highest BCUT2D eigenvalue weighted by atomic mass is 16.5. The molecule has 0 N–H and O–H groups in total. The topological polar surface area (TPSA) is 73.4 Å². The minimum atomic E-state index is 0.0125. The van der Waals surface area contributed by atoms with E-state index in [9.17, 15) is 4.79 Å². The predicted octanol–water partition coefficient (Wildman–Crippen LogP) is 0.841. The first kappa shape index (κ1) is 13.5. The van der Waals surface area contributed by atoms with Crippen molar-refractivity contribution >= 4 is 5.91 Å². The third kappa shape index (κ3) is 2.41. The highest BCUT2D eigenvalue weighted by Gasteiger charge is 2.32. The summed E-state index contributed by atoms with van der Waals surface area (Å²) in [5, 5.41) is 4.18. The van der Waals surface area contributed by atoms with Gasteiger partial charge in [0.05, 0.1) is 31.9 Å². The lowest BCUT2D eigenvalue weighted by Gasteiger charge is -2.28. The largest absolute Gasteiger partial charge is 0.381 e. The number of ether oxygens (including phenoxy) is 1. The van der Waals surface area contributed by atoms with Gasteiger partial charge in [0.15, 0.2) is 0 Å². The third-order valence-corrected chi connectivity index (χ3v) is 4.39. The summed E-state index contributed by atoms with van der Waals surface area (Å²) in [6.45, 7) is 3.13. The molecule has 4 rings (SSSR count). The number of fused-ring (bicyclic) bond motifs is 1. The molecule has 0 aromatic carbocycles. The molecular formula is C15H18N4O3. The van der Waals surface area contributed by atoms with Crippen LogP contribution in [0.1, 0.15) is 23.4 Å². The Morgan fingerprint density at radius 1 is 1.45 bits per heavy atom. The number of hydrogen-bond acceptors (Lipinski definition) is 5. The molecule has 7 heteroatoms. The smallest absolute Gasteiger partial charge is 0.228 e. The number of rotatable bonds is 3. The molecule has 2 aromatic heterocycles. The van der Waals surface area contributed by atoms with E-state index in [0.717, 1.165) is 29.9 Å². The Bertz CT molecular complexity index is 658. The number of aromatic nitrogens is 3. The SMILES string of the molecule is O=C([C@@H]1CCOC1)N1CCc2onc(Cn3ccnc3)c2C1. The molecule has 116 valence electrons. The van der Waals surface area contributed by atoms with Gasteiger partial charge in [0, 0.05) is 37.5 Å². The molecule has 1 atom stereocenters. The van der Waals surface area contributed by atoms with E-state index in [1.807, 2.05) is 15.7 Å². The molecular weight excluding hydrogens is 284 g/mol. The number of hydrogen-bond donors (Lipinski definition) is 0. The van der Waals surface area contributed by atoms with Crippen LogP contribution in [0.5, 0.6) is 0 Å². The fraction of sp³-hybridized carbons (Fsp3) is 0.533. The first-order valence-electron chi connectivity index (χ1n) is 7.60. The third-order valence-electron chi connectivity index (χ3n) is 4.39. The lowest BCUT2D eigenvalue weighted by molar-refractivity contribution is -0.136. The fourth-order valence-corrected chi connectivity index (χ4v) is 3.12. The molecule has 2 aliphatic rings. The first-order chi connectivity index (χ1) is 10.8. The Kier molecular flexibility index (Phi) is 3.42. The van der Waals surface area contributed by atoms with Gasteiger partial charge in [0.2, 0.25) is 5.91 Å². The molecule has 0 saturated carbocycles. The van der Waals surface area contributed by atoms with E-state index in [-0.39, 0.29) is 11.8 Å². The summed E-state index contributed by atoms with van der Waals surface area (Å²) in [6.07, 6.45) is 6.94. The van der Waals surface area contributed by atoms with Gasteiger partial charge >= 0.3 is 0 Å². The highest BCUT2D eigenvalue weighted by molar-refractivity contribution is 5.79. The summed E-state index contributed by atoms with van der Waals surface area (Å²) in [5.41, 5.74) is 1.93. The molecule has 2 aromatic rings.